The lowest BCUT2D eigenvalue weighted by atomic mass is 10.2. The van der Waals surface area contributed by atoms with Crippen LogP contribution in [0.1, 0.15) is 13.3 Å². The maximum atomic E-state index is 10.4. The predicted molar refractivity (Wildman–Crippen MR) is 28.2 cm³/mol. The molecule has 1 aliphatic rings. The van der Waals surface area contributed by atoms with E-state index in [-0.39, 0.29) is 11.9 Å². The van der Waals surface area contributed by atoms with E-state index in [1.165, 1.54) is 0 Å². The summed E-state index contributed by atoms with van der Waals surface area (Å²) in [6.07, 6.45) is -0.205. The van der Waals surface area contributed by atoms with Gasteiger partial charge >= 0.3 is 0 Å². The van der Waals surface area contributed by atoms with Crippen LogP contribution in [0.2, 0.25) is 0 Å². The van der Waals surface area contributed by atoms with Gasteiger partial charge in [-0.15, -0.1) is 0 Å². The standard InChI is InChI=1S/C5H9NO2/c1-3-2-4(7)5(8)6-3/h3-4,7H,2H2,1H3,(H,6,8). The van der Waals surface area contributed by atoms with Gasteiger partial charge in [-0.2, -0.15) is 0 Å². The Bertz CT molecular complexity index is 113. The number of hydrogen-bond acceptors (Lipinski definition) is 2. The zero-order valence-electron chi connectivity index (χ0n) is 4.72. The molecule has 1 heterocycles. The highest BCUT2D eigenvalue weighted by Gasteiger charge is 2.26. The first-order valence-electron chi connectivity index (χ1n) is 2.68. The first kappa shape index (κ1) is 5.56. The van der Waals surface area contributed by atoms with Gasteiger partial charge in [0.15, 0.2) is 0 Å². The summed E-state index contributed by atoms with van der Waals surface area (Å²) in [5.41, 5.74) is 0. The summed E-state index contributed by atoms with van der Waals surface area (Å²) in [6.45, 7) is 1.87. The molecule has 1 amide bonds. The smallest absolute Gasteiger partial charge is 0.249 e. The summed E-state index contributed by atoms with van der Waals surface area (Å²) in [4.78, 5) is 10.4. The minimum absolute atomic E-state index is 0.150. The topological polar surface area (TPSA) is 49.3 Å². The molecular weight excluding hydrogens is 106 g/mol. The van der Waals surface area contributed by atoms with Gasteiger partial charge in [-0.25, -0.2) is 0 Å². The van der Waals surface area contributed by atoms with Crippen LogP contribution in [0.5, 0.6) is 0 Å². The van der Waals surface area contributed by atoms with Gasteiger partial charge in [0.05, 0.1) is 0 Å². The zero-order chi connectivity index (χ0) is 6.15. The number of aliphatic hydroxyl groups excluding tert-OH is 1. The third kappa shape index (κ3) is 0.816. The first-order valence-corrected chi connectivity index (χ1v) is 2.68. The van der Waals surface area contributed by atoms with Crippen LogP contribution in [-0.4, -0.2) is 23.2 Å². The highest BCUT2D eigenvalue weighted by molar-refractivity contribution is 5.82. The molecule has 1 aliphatic heterocycles. The van der Waals surface area contributed by atoms with Crippen LogP contribution in [0.25, 0.3) is 0 Å². The molecule has 0 aromatic rings. The quantitative estimate of drug-likeness (QED) is 0.436. The van der Waals surface area contributed by atoms with Crippen molar-refractivity contribution >= 4 is 5.91 Å². The Morgan fingerprint density at radius 3 is 2.62 bits per heavy atom. The van der Waals surface area contributed by atoms with E-state index in [1.54, 1.807) is 0 Å². The molecule has 0 aliphatic carbocycles. The minimum Gasteiger partial charge on any atom is -0.383 e. The van der Waals surface area contributed by atoms with Gasteiger partial charge in [0.25, 0.3) is 0 Å². The fourth-order valence-corrected chi connectivity index (χ4v) is 0.840. The summed E-state index contributed by atoms with van der Waals surface area (Å²) in [5.74, 6) is -0.238. The molecule has 0 bridgehead atoms. The number of rotatable bonds is 0. The Morgan fingerprint density at radius 1 is 1.88 bits per heavy atom. The van der Waals surface area contributed by atoms with Crippen LogP contribution in [0.4, 0.5) is 0 Å². The van der Waals surface area contributed by atoms with Gasteiger partial charge < -0.3 is 10.4 Å². The second-order valence-electron chi connectivity index (χ2n) is 2.16. The van der Waals surface area contributed by atoms with E-state index >= 15 is 0 Å². The van der Waals surface area contributed by atoms with Crippen molar-refractivity contribution in [2.24, 2.45) is 0 Å². The second-order valence-corrected chi connectivity index (χ2v) is 2.16. The third-order valence-corrected chi connectivity index (χ3v) is 1.27. The summed E-state index contributed by atoms with van der Waals surface area (Å²) >= 11 is 0. The molecule has 2 atom stereocenters. The van der Waals surface area contributed by atoms with Crippen molar-refractivity contribution in [3.05, 3.63) is 0 Å². The lowest BCUT2D eigenvalue weighted by Gasteiger charge is -1.95. The van der Waals surface area contributed by atoms with Crippen molar-refractivity contribution in [1.29, 1.82) is 0 Å². The summed E-state index contributed by atoms with van der Waals surface area (Å²) in [5, 5.41) is 11.3. The number of hydrogen-bond donors (Lipinski definition) is 2. The lowest BCUT2D eigenvalue weighted by molar-refractivity contribution is -0.126. The van der Waals surface area contributed by atoms with Crippen molar-refractivity contribution in [1.82, 2.24) is 5.32 Å². The van der Waals surface area contributed by atoms with Gasteiger partial charge in [0.1, 0.15) is 6.10 Å². The molecule has 46 valence electrons. The van der Waals surface area contributed by atoms with Gasteiger partial charge in [-0.05, 0) is 6.92 Å². The Kier molecular flexibility index (Phi) is 1.21. The van der Waals surface area contributed by atoms with Crippen LogP contribution < -0.4 is 5.32 Å². The Balaban J connectivity index is 2.51. The summed E-state index contributed by atoms with van der Waals surface area (Å²) < 4.78 is 0. The maximum Gasteiger partial charge on any atom is 0.249 e. The molecule has 2 N–H and O–H groups in total. The molecule has 1 saturated heterocycles. The van der Waals surface area contributed by atoms with Gasteiger partial charge in [-0.1, -0.05) is 0 Å². The molecule has 2 unspecified atom stereocenters. The van der Waals surface area contributed by atoms with Gasteiger partial charge in [-0.3, -0.25) is 4.79 Å². The molecule has 0 spiro atoms. The monoisotopic (exact) mass is 115 g/mol. The predicted octanol–water partition coefficient (Wildman–Crippen LogP) is -0.744. The van der Waals surface area contributed by atoms with E-state index < -0.39 is 6.10 Å². The molecule has 3 heteroatoms. The van der Waals surface area contributed by atoms with Crippen LogP contribution in [-0.2, 0) is 4.79 Å². The normalized spacial score (nSPS) is 37.5. The number of carbonyl (C=O) groups is 1. The third-order valence-electron chi connectivity index (χ3n) is 1.27. The van der Waals surface area contributed by atoms with Crippen molar-refractivity contribution in [3.63, 3.8) is 0 Å². The van der Waals surface area contributed by atoms with E-state index in [1.807, 2.05) is 6.92 Å². The number of aliphatic hydroxyl groups is 1. The molecule has 0 aromatic heterocycles. The fraction of sp³-hybridized carbons (Fsp3) is 0.800. The Labute approximate surface area is 47.7 Å². The molecule has 0 radical (unpaired) electrons. The molecule has 3 nitrogen and oxygen atoms in total. The van der Waals surface area contributed by atoms with E-state index in [4.69, 9.17) is 5.11 Å². The largest absolute Gasteiger partial charge is 0.383 e. The van der Waals surface area contributed by atoms with Crippen molar-refractivity contribution in [2.45, 2.75) is 25.5 Å². The molecule has 8 heavy (non-hydrogen) atoms. The second kappa shape index (κ2) is 1.74. The van der Waals surface area contributed by atoms with Crippen molar-refractivity contribution in [3.8, 4) is 0 Å². The Morgan fingerprint density at radius 2 is 2.50 bits per heavy atom. The van der Waals surface area contributed by atoms with Gasteiger partial charge in [0.2, 0.25) is 5.91 Å². The molecule has 0 aromatic carbocycles. The van der Waals surface area contributed by atoms with Crippen LogP contribution in [0.15, 0.2) is 0 Å². The summed E-state index contributed by atoms with van der Waals surface area (Å²) in [7, 11) is 0. The molecule has 0 saturated carbocycles. The van der Waals surface area contributed by atoms with Crippen LogP contribution >= 0.6 is 0 Å². The molecular formula is C5H9NO2. The maximum absolute atomic E-state index is 10.4. The first-order chi connectivity index (χ1) is 3.70. The van der Waals surface area contributed by atoms with Crippen LogP contribution in [0, 0.1) is 0 Å². The molecule has 1 rings (SSSR count). The SMILES string of the molecule is CC1CC(O)C(=O)N1. The highest BCUT2D eigenvalue weighted by Crippen LogP contribution is 2.05. The number of amides is 1. The van der Waals surface area contributed by atoms with Crippen LogP contribution in [0.3, 0.4) is 0 Å². The average molecular weight is 115 g/mol. The van der Waals surface area contributed by atoms with E-state index in [0.717, 1.165) is 0 Å². The van der Waals surface area contributed by atoms with E-state index in [2.05, 4.69) is 5.32 Å². The zero-order valence-corrected chi connectivity index (χ0v) is 4.72. The van der Waals surface area contributed by atoms with Gasteiger partial charge in [0, 0.05) is 12.5 Å². The van der Waals surface area contributed by atoms with Crippen molar-refractivity contribution in [2.75, 3.05) is 0 Å². The average Bonchev–Trinajstić information content (AvgIpc) is 1.85. The van der Waals surface area contributed by atoms with E-state index in [9.17, 15) is 4.79 Å². The molecule has 1 fully saturated rings. The fourth-order valence-electron chi connectivity index (χ4n) is 0.840. The lowest BCUT2D eigenvalue weighted by Crippen LogP contribution is -2.25. The Hall–Kier alpha value is -0.570. The summed E-state index contributed by atoms with van der Waals surface area (Å²) in [6, 6.07) is 0.150. The van der Waals surface area contributed by atoms with Crippen molar-refractivity contribution < 1.29 is 9.90 Å². The number of carbonyl (C=O) groups excluding carboxylic acids is 1. The van der Waals surface area contributed by atoms with E-state index in [0.29, 0.717) is 6.42 Å². The minimum atomic E-state index is -0.759. The number of nitrogens with one attached hydrogen (secondary N) is 1. The highest BCUT2D eigenvalue weighted by atomic mass is 16.3.